The monoisotopic (exact) mass is 493 g/mol. The van der Waals surface area contributed by atoms with Crippen LogP contribution in [0.15, 0.2) is 36.0 Å². The van der Waals surface area contributed by atoms with Gasteiger partial charge in [0.1, 0.15) is 13.4 Å². The summed E-state index contributed by atoms with van der Waals surface area (Å²) in [5.41, 5.74) is 2.30. The molecule has 0 saturated carbocycles. The van der Waals surface area contributed by atoms with Crippen molar-refractivity contribution in [1.82, 2.24) is 4.90 Å². The third-order valence-corrected chi connectivity index (χ3v) is 11.0. The predicted molar refractivity (Wildman–Crippen MR) is 132 cm³/mol. The van der Waals surface area contributed by atoms with E-state index in [-0.39, 0.29) is 31.0 Å². The van der Waals surface area contributed by atoms with Crippen LogP contribution in [0.25, 0.3) is 0 Å². The van der Waals surface area contributed by atoms with Crippen LogP contribution in [0, 0.1) is 0 Å². The molecule has 9 heteroatoms. The van der Waals surface area contributed by atoms with Crippen LogP contribution in [0.1, 0.15) is 56.1 Å². The van der Waals surface area contributed by atoms with Gasteiger partial charge in [-0.05, 0) is 54.7 Å². The number of esters is 1. The molecule has 0 aliphatic carbocycles. The first-order valence-corrected chi connectivity index (χ1v) is 14.5. The van der Waals surface area contributed by atoms with Gasteiger partial charge in [-0.3, -0.25) is 4.90 Å². The Morgan fingerprint density at radius 1 is 1.18 bits per heavy atom. The first-order chi connectivity index (χ1) is 16.3. The molecule has 2 rings (SSSR count). The minimum atomic E-state index is -2.05. The van der Waals surface area contributed by atoms with Crippen LogP contribution in [0.5, 0.6) is 0 Å². The van der Waals surface area contributed by atoms with Gasteiger partial charge in [-0.15, -0.1) is 0 Å². The van der Waals surface area contributed by atoms with E-state index < -0.39 is 8.32 Å². The zero-order valence-corrected chi connectivity index (χ0v) is 22.3. The van der Waals surface area contributed by atoms with E-state index in [0.29, 0.717) is 25.2 Å². The van der Waals surface area contributed by atoms with Gasteiger partial charge in [0.15, 0.2) is 8.32 Å². The highest BCUT2D eigenvalue weighted by molar-refractivity contribution is 6.73. The lowest BCUT2D eigenvalue weighted by atomic mass is 9.98. The Morgan fingerprint density at radius 2 is 1.82 bits per heavy atom. The summed E-state index contributed by atoms with van der Waals surface area (Å²) in [6.07, 6.45) is 1.65. The van der Waals surface area contributed by atoms with E-state index in [2.05, 4.69) is 20.8 Å². The molecule has 1 aliphatic heterocycles. The van der Waals surface area contributed by atoms with Gasteiger partial charge in [0.2, 0.25) is 0 Å². The van der Waals surface area contributed by atoms with Crippen LogP contribution in [0.4, 0.5) is 4.79 Å². The molecular weight excluding hydrogens is 454 g/mol. The maximum atomic E-state index is 12.4. The summed E-state index contributed by atoms with van der Waals surface area (Å²) >= 11 is 0. The number of carbonyl (C=O) groups is 2. The normalized spacial score (nSPS) is 17.6. The third kappa shape index (κ3) is 7.15. The molecule has 0 aromatic heterocycles. The lowest BCUT2D eigenvalue weighted by molar-refractivity contribution is -0.0301. The number of benzene rings is 1. The molecule has 0 unspecified atom stereocenters. The fraction of sp³-hybridized carbons (Fsp3) is 0.600. The summed E-state index contributed by atoms with van der Waals surface area (Å²) in [4.78, 5) is 26.0. The fourth-order valence-electron chi connectivity index (χ4n) is 4.00. The molecule has 1 fully saturated rings. The van der Waals surface area contributed by atoms with Crippen LogP contribution >= 0.6 is 0 Å². The van der Waals surface area contributed by atoms with Crippen molar-refractivity contribution in [2.45, 2.75) is 64.4 Å². The van der Waals surface area contributed by atoms with E-state index in [1.54, 1.807) is 24.1 Å². The molecule has 190 valence electrons. The molecule has 1 aromatic carbocycles. The molecule has 2 atom stereocenters. The van der Waals surface area contributed by atoms with Crippen LogP contribution in [-0.2, 0) is 23.4 Å². The minimum Gasteiger partial charge on any atom is -0.465 e. The van der Waals surface area contributed by atoms with Gasteiger partial charge >= 0.3 is 12.1 Å². The van der Waals surface area contributed by atoms with Crippen LogP contribution in [0.2, 0.25) is 18.1 Å². The summed E-state index contributed by atoms with van der Waals surface area (Å²) in [6, 6.07) is 10.1. The lowest BCUT2D eigenvalue weighted by Gasteiger charge is -2.35. The average molecular weight is 494 g/mol. The Hall–Kier alpha value is -2.20. The Labute approximate surface area is 204 Å². The van der Waals surface area contributed by atoms with Crippen molar-refractivity contribution in [3.05, 3.63) is 47.2 Å². The molecule has 1 aliphatic rings. The summed E-state index contributed by atoms with van der Waals surface area (Å²) in [5, 5.41) is 0. The Morgan fingerprint density at radius 3 is 2.32 bits per heavy atom. The largest absolute Gasteiger partial charge is 0.465 e. The molecule has 0 N–H and O–H groups in total. The maximum Gasteiger partial charge on any atom is 0.414 e. The zero-order valence-electron chi connectivity index (χ0n) is 21.3. The molecule has 0 spiro atoms. The van der Waals surface area contributed by atoms with Crippen LogP contribution in [-0.4, -0.2) is 65.5 Å². The number of amides is 1. The van der Waals surface area contributed by atoms with E-state index in [9.17, 15) is 9.59 Å². The predicted octanol–water partition coefficient (Wildman–Crippen LogP) is 5.27. The highest BCUT2D eigenvalue weighted by atomic mass is 28.4. The maximum absolute atomic E-state index is 12.4. The number of ether oxygens (including phenoxy) is 4. The molecule has 1 saturated heterocycles. The van der Waals surface area contributed by atoms with Gasteiger partial charge in [-0.1, -0.05) is 32.9 Å². The van der Waals surface area contributed by atoms with Crippen LogP contribution < -0.4 is 0 Å². The molecule has 34 heavy (non-hydrogen) atoms. The Kier molecular flexibility index (Phi) is 11.2. The lowest BCUT2D eigenvalue weighted by Crippen LogP contribution is -2.38. The van der Waals surface area contributed by atoms with E-state index >= 15 is 0 Å². The molecule has 8 nitrogen and oxygen atoms in total. The zero-order chi connectivity index (χ0) is 25.1. The van der Waals surface area contributed by atoms with Crippen molar-refractivity contribution in [2.75, 3.05) is 34.2 Å². The Bertz CT molecular complexity index is 815. The van der Waals surface area contributed by atoms with E-state index in [4.69, 9.17) is 23.4 Å². The standard InChI is InChI=1S/C25H39NO7Si/c1-7-34(8-2,9-3)33-23(20-10-12-21(13-11-20)24(27)30-6)22(14-15-31-18-29-5)16-26-19(4)17-32-25(26)28/h10-13,16,19,23H,7-9,14-15,17-18H2,1-6H3/b22-16+/t19-,23-/m0/s1. The van der Waals surface area contributed by atoms with Crippen molar-refractivity contribution < 1.29 is 33.0 Å². The molecule has 1 heterocycles. The summed E-state index contributed by atoms with van der Waals surface area (Å²) < 4.78 is 27.7. The minimum absolute atomic E-state index is 0.0738. The molecule has 1 aromatic rings. The SMILES string of the molecule is CC[Si](CC)(CC)O[C@H](/C(=C/N1C(=O)OC[C@@H]1C)CCOCOC)c1ccc(C(=O)OC)cc1. The van der Waals surface area contributed by atoms with E-state index in [1.165, 1.54) is 7.11 Å². The highest BCUT2D eigenvalue weighted by Gasteiger charge is 2.35. The second kappa shape index (κ2) is 13.6. The van der Waals surface area contributed by atoms with Crippen molar-refractivity contribution in [2.24, 2.45) is 0 Å². The number of rotatable bonds is 14. The highest BCUT2D eigenvalue weighted by Crippen LogP contribution is 2.36. The number of hydrogen-bond acceptors (Lipinski definition) is 7. The van der Waals surface area contributed by atoms with Gasteiger partial charge in [-0.2, -0.15) is 0 Å². The first-order valence-electron chi connectivity index (χ1n) is 11.9. The topological polar surface area (TPSA) is 83.5 Å². The van der Waals surface area contributed by atoms with Gasteiger partial charge in [0, 0.05) is 13.3 Å². The number of nitrogens with zero attached hydrogens (tertiary/aromatic N) is 1. The van der Waals surface area contributed by atoms with E-state index in [0.717, 1.165) is 29.3 Å². The van der Waals surface area contributed by atoms with Gasteiger partial charge in [0.25, 0.3) is 0 Å². The smallest absolute Gasteiger partial charge is 0.414 e. The van der Waals surface area contributed by atoms with Crippen molar-refractivity contribution in [3.63, 3.8) is 0 Å². The average Bonchev–Trinajstić information content (AvgIpc) is 3.19. The molecular formula is C25H39NO7Si. The van der Waals surface area contributed by atoms with Gasteiger partial charge in [-0.25, -0.2) is 9.59 Å². The van der Waals surface area contributed by atoms with Gasteiger partial charge in [0.05, 0.1) is 31.4 Å². The number of carbonyl (C=O) groups excluding carboxylic acids is 2. The number of hydrogen-bond donors (Lipinski definition) is 0. The number of cyclic esters (lactones) is 1. The summed E-state index contributed by atoms with van der Waals surface area (Å²) in [7, 11) is 0.899. The molecule has 1 amide bonds. The molecule has 0 bridgehead atoms. The van der Waals surface area contributed by atoms with Crippen LogP contribution in [0.3, 0.4) is 0 Å². The van der Waals surface area contributed by atoms with Crippen molar-refractivity contribution in [3.8, 4) is 0 Å². The first kappa shape index (κ1) is 28.0. The van der Waals surface area contributed by atoms with E-state index in [1.807, 2.05) is 25.3 Å². The molecule has 0 radical (unpaired) electrons. The van der Waals surface area contributed by atoms with Crippen molar-refractivity contribution in [1.29, 1.82) is 0 Å². The summed E-state index contributed by atoms with van der Waals surface area (Å²) in [5.74, 6) is -0.388. The number of methoxy groups -OCH3 is 2. The third-order valence-electron chi connectivity index (χ3n) is 6.45. The van der Waals surface area contributed by atoms with Gasteiger partial charge < -0.3 is 23.4 Å². The fourth-order valence-corrected chi connectivity index (χ4v) is 6.79. The second-order valence-corrected chi connectivity index (χ2v) is 13.2. The summed E-state index contributed by atoms with van der Waals surface area (Å²) in [6.45, 7) is 9.44. The quantitative estimate of drug-likeness (QED) is 0.151. The second-order valence-electron chi connectivity index (χ2n) is 8.46. The Balaban J connectivity index is 2.52. The van der Waals surface area contributed by atoms with Crippen molar-refractivity contribution >= 4 is 20.4 Å².